The Morgan fingerprint density at radius 2 is 1.86 bits per heavy atom. The van der Waals surface area contributed by atoms with Crippen molar-refractivity contribution >= 4 is 21.9 Å². The number of aromatic carboxylic acids is 1. The van der Waals surface area contributed by atoms with Gasteiger partial charge in [-0.3, -0.25) is 4.72 Å². The Morgan fingerprint density at radius 3 is 2.36 bits per heavy atom. The Hall–Kier alpha value is -1.81. The maximum atomic E-state index is 13.5. The molecule has 22 heavy (non-hydrogen) atoms. The summed E-state index contributed by atoms with van der Waals surface area (Å²) < 4.78 is 66.5. The van der Waals surface area contributed by atoms with E-state index in [0.29, 0.717) is 0 Å². The van der Waals surface area contributed by atoms with Crippen molar-refractivity contribution in [1.82, 2.24) is 4.31 Å². The highest BCUT2D eigenvalue weighted by Crippen LogP contribution is 2.29. The number of carbonyl (C=O) groups is 1. The van der Waals surface area contributed by atoms with E-state index >= 15 is 0 Å². The molecule has 1 aliphatic heterocycles. The van der Waals surface area contributed by atoms with Crippen molar-refractivity contribution in [3.05, 3.63) is 29.6 Å². The number of carboxylic acid groups (broad SMARTS) is 1. The Kier molecular flexibility index (Phi) is 4.34. The number of anilines is 1. The van der Waals surface area contributed by atoms with Crippen LogP contribution in [0.4, 0.5) is 18.9 Å². The topological polar surface area (TPSA) is 86.7 Å². The zero-order valence-electron chi connectivity index (χ0n) is 11.2. The number of rotatable bonds is 4. The quantitative estimate of drug-likeness (QED) is 0.878. The van der Waals surface area contributed by atoms with Gasteiger partial charge in [-0.05, 0) is 18.2 Å². The fourth-order valence-electron chi connectivity index (χ4n) is 2.02. The lowest BCUT2D eigenvalue weighted by Crippen LogP contribution is -2.45. The molecule has 1 aromatic carbocycles. The Morgan fingerprint density at radius 1 is 1.27 bits per heavy atom. The van der Waals surface area contributed by atoms with Gasteiger partial charge in [-0.2, -0.15) is 12.7 Å². The van der Waals surface area contributed by atoms with Crippen LogP contribution in [0.2, 0.25) is 0 Å². The van der Waals surface area contributed by atoms with E-state index in [1.807, 2.05) is 4.72 Å². The monoisotopic (exact) mass is 338 g/mol. The molecule has 0 saturated carbocycles. The SMILES string of the molecule is O=C(O)c1ccc(NS(=O)(=O)N2CCC(F)(F)CC2)cc1F. The molecule has 0 aliphatic carbocycles. The summed E-state index contributed by atoms with van der Waals surface area (Å²) in [6.07, 6.45) is -1.17. The molecule has 1 aliphatic rings. The molecule has 10 heteroatoms. The summed E-state index contributed by atoms with van der Waals surface area (Å²) >= 11 is 0. The lowest BCUT2D eigenvalue weighted by atomic mass is 10.1. The number of hydrogen-bond acceptors (Lipinski definition) is 3. The third kappa shape index (κ3) is 3.69. The summed E-state index contributed by atoms with van der Waals surface area (Å²) in [5.74, 6) is -5.47. The molecule has 1 heterocycles. The van der Waals surface area contributed by atoms with E-state index in [1.165, 1.54) is 0 Å². The lowest BCUT2D eigenvalue weighted by Gasteiger charge is -2.30. The number of carboxylic acids is 1. The normalized spacial score (nSPS) is 18.9. The highest BCUT2D eigenvalue weighted by Gasteiger charge is 2.38. The zero-order chi connectivity index (χ0) is 16.5. The summed E-state index contributed by atoms with van der Waals surface area (Å²) in [4.78, 5) is 10.7. The van der Waals surface area contributed by atoms with Gasteiger partial charge in [-0.25, -0.2) is 18.0 Å². The second-order valence-electron chi connectivity index (χ2n) is 4.86. The van der Waals surface area contributed by atoms with Gasteiger partial charge in [0, 0.05) is 25.9 Å². The second-order valence-corrected chi connectivity index (χ2v) is 6.53. The molecule has 0 spiro atoms. The second kappa shape index (κ2) is 5.76. The summed E-state index contributed by atoms with van der Waals surface area (Å²) in [7, 11) is -4.10. The summed E-state index contributed by atoms with van der Waals surface area (Å²) in [5.41, 5.74) is -0.777. The van der Waals surface area contributed by atoms with E-state index in [4.69, 9.17) is 5.11 Å². The van der Waals surface area contributed by atoms with Crippen molar-refractivity contribution in [2.45, 2.75) is 18.8 Å². The third-order valence-corrected chi connectivity index (χ3v) is 4.78. The van der Waals surface area contributed by atoms with Crippen LogP contribution in [0.1, 0.15) is 23.2 Å². The largest absolute Gasteiger partial charge is 0.478 e. The van der Waals surface area contributed by atoms with Gasteiger partial charge in [0.05, 0.1) is 11.3 Å². The van der Waals surface area contributed by atoms with Crippen LogP contribution in [0.3, 0.4) is 0 Å². The van der Waals surface area contributed by atoms with Crippen LogP contribution in [0, 0.1) is 5.82 Å². The molecule has 0 atom stereocenters. The Bertz CT molecular complexity index is 684. The van der Waals surface area contributed by atoms with Gasteiger partial charge in [-0.1, -0.05) is 0 Å². The molecule has 2 rings (SSSR count). The number of alkyl halides is 2. The van der Waals surface area contributed by atoms with Crippen LogP contribution >= 0.6 is 0 Å². The van der Waals surface area contributed by atoms with Gasteiger partial charge in [-0.15, -0.1) is 0 Å². The van der Waals surface area contributed by atoms with Crippen molar-refractivity contribution in [2.24, 2.45) is 0 Å². The van der Waals surface area contributed by atoms with E-state index in [-0.39, 0.29) is 18.8 Å². The molecule has 0 radical (unpaired) electrons. The number of nitrogens with one attached hydrogen (secondary N) is 1. The molecule has 1 aromatic rings. The number of nitrogens with zero attached hydrogens (tertiary/aromatic N) is 1. The molecule has 6 nitrogen and oxygen atoms in total. The van der Waals surface area contributed by atoms with E-state index < -0.39 is 46.3 Å². The maximum absolute atomic E-state index is 13.5. The van der Waals surface area contributed by atoms with Crippen molar-refractivity contribution in [2.75, 3.05) is 17.8 Å². The first-order chi connectivity index (χ1) is 10.1. The molecule has 0 unspecified atom stereocenters. The summed E-state index contributed by atoms with van der Waals surface area (Å²) in [6.45, 7) is -0.698. The molecule has 1 fully saturated rings. The fraction of sp³-hybridized carbons (Fsp3) is 0.417. The first-order valence-corrected chi connectivity index (χ1v) is 7.73. The Labute approximate surface area is 124 Å². The fourth-order valence-corrected chi connectivity index (χ4v) is 3.24. The van der Waals surface area contributed by atoms with Crippen LogP contribution in [0.15, 0.2) is 18.2 Å². The zero-order valence-corrected chi connectivity index (χ0v) is 12.0. The number of benzene rings is 1. The maximum Gasteiger partial charge on any atom is 0.338 e. The molecular weight excluding hydrogens is 325 g/mol. The number of hydrogen-bond donors (Lipinski definition) is 2. The summed E-state index contributed by atoms with van der Waals surface area (Å²) in [5, 5.41) is 8.68. The molecule has 0 amide bonds. The van der Waals surface area contributed by atoms with Crippen LogP contribution in [-0.2, 0) is 10.2 Å². The first-order valence-electron chi connectivity index (χ1n) is 6.29. The first kappa shape index (κ1) is 16.6. The number of piperidine rings is 1. The highest BCUT2D eigenvalue weighted by atomic mass is 32.2. The van der Waals surface area contributed by atoms with E-state index in [1.54, 1.807) is 0 Å². The average Bonchev–Trinajstić information content (AvgIpc) is 2.37. The van der Waals surface area contributed by atoms with Crippen LogP contribution < -0.4 is 4.72 Å². The molecule has 2 N–H and O–H groups in total. The van der Waals surface area contributed by atoms with Gasteiger partial charge in [0.1, 0.15) is 5.82 Å². The van der Waals surface area contributed by atoms with E-state index in [9.17, 15) is 26.4 Å². The summed E-state index contributed by atoms with van der Waals surface area (Å²) in [6, 6.07) is 2.72. The van der Waals surface area contributed by atoms with Gasteiger partial charge in [0.25, 0.3) is 5.92 Å². The van der Waals surface area contributed by atoms with Crippen LogP contribution in [0.5, 0.6) is 0 Å². The predicted molar refractivity (Wildman–Crippen MR) is 71.7 cm³/mol. The molecule has 0 bridgehead atoms. The molecule has 122 valence electrons. The van der Waals surface area contributed by atoms with Crippen molar-refractivity contribution in [3.63, 3.8) is 0 Å². The molecule has 1 saturated heterocycles. The lowest BCUT2D eigenvalue weighted by molar-refractivity contribution is -0.0411. The standard InChI is InChI=1S/C12H13F3N2O4S/c13-10-7-8(1-2-9(10)11(18)19)16-22(20,21)17-5-3-12(14,15)4-6-17/h1-2,7,16H,3-6H2,(H,18,19). The molecular formula is C12H13F3N2O4S. The van der Waals surface area contributed by atoms with Crippen LogP contribution in [0.25, 0.3) is 0 Å². The van der Waals surface area contributed by atoms with Crippen LogP contribution in [-0.4, -0.2) is 42.8 Å². The number of halogens is 3. The van der Waals surface area contributed by atoms with Crippen molar-refractivity contribution in [3.8, 4) is 0 Å². The third-order valence-electron chi connectivity index (χ3n) is 3.24. The van der Waals surface area contributed by atoms with Gasteiger partial charge in [0.15, 0.2) is 0 Å². The van der Waals surface area contributed by atoms with Gasteiger partial charge >= 0.3 is 16.2 Å². The van der Waals surface area contributed by atoms with Gasteiger partial charge < -0.3 is 5.11 Å². The van der Waals surface area contributed by atoms with Gasteiger partial charge in [0.2, 0.25) is 0 Å². The van der Waals surface area contributed by atoms with E-state index in [2.05, 4.69) is 0 Å². The van der Waals surface area contributed by atoms with Crippen molar-refractivity contribution in [1.29, 1.82) is 0 Å². The minimum atomic E-state index is -4.10. The molecule has 0 aromatic heterocycles. The predicted octanol–water partition coefficient (Wildman–Crippen LogP) is 1.91. The Balaban J connectivity index is 2.13. The van der Waals surface area contributed by atoms with Crippen molar-refractivity contribution < 1.29 is 31.5 Å². The minimum Gasteiger partial charge on any atom is -0.478 e. The average molecular weight is 338 g/mol. The van der Waals surface area contributed by atoms with E-state index in [0.717, 1.165) is 22.5 Å². The highest BCUT2D eigenvalue weighted by molar-refractivity contribution is 7.90. The minimum absolute atomic E-state index is 0.181. The smallest absolute Gasteiger partial charge is 0.338 e.